The van der Waals surface area contributed by atoms with Crippen LogP contribution in [0, 0.1) is 0 Å². The number of nitrogens with one attached hydrogen (secondary N) is 1. The summed E-state index contributed by atoms with van der Waals surface area (Å²) in [6.07, 6.45) is 0.865. The van der Waals surface area contributed by atoms with Gasteiger partial charge in [0.25, 0.3) is 0 Å². The van der Waals surface area contributed by atoms with Gasteiger partial charge in [-0.2, -0.15) is 0 Å². The number of hydrogen-bond donors (Lipinski definition) is 1. The summed E-state index contributed by atoms with van der Waals surface area (Å²) >= 11 is 1.45. The Hall–Kier alpha value is -3.12. The number of ether oxygens (including phenoxy) is 3. The van der Waals surface area contributed by atoms with Gasteiger partial charge in [-0.1, -0.05) is 30.3 Å². The first-order valence-corrected chi connectivity index (χ1v) is 10.4. The van der Waals surface area contributed by atoms with Crippen molar-refractivity contribution >= 4 is 23.4 Å². The highest BCUT2D eigenvalue weighted by Gasteiger charge is 2.13. The van der Waals surface area contributed by atoms with Crippen LogP contribution >= 0.6 is 11.8 Å². The van der Waals surface area contributed by atoms with E-state index < -0.39 is 0 Å². The molecule has 0 unspecified atom stereocenters. The molecule has 3 aromatic rings. The molecule has 0 aromatic heterocycles. The molecule has 0 aliphatic carbocycles. The van der Waals surface area contributed by atoms with Crippen LogP contribution in [-0.2, 0) is 4.79 Å². The maximum atomic E-state index is 12.5. The first-order chi connectivity index (χ1) is 14.3. The van der Waals surface area contributed by atoms with Crippen LogP contribution in [0.5, 0.6) is 23.0 Å². The highest BCUT2D eigenvalue weighted by molar-refractivity contribution is 8.00. The quantitative estimate of drug-likeness (QED) is 0.557. The van der Waals surface area contributed by atoms with Crippen LogP contribution in [0.2, 0.25) is 0 Å². The molecule has 4 rings (SSSR count). The minimum absolute atomic E-state index is 0.105. The largest absolute Gasteiger partial charge is 0.490 e. The van der Waals surface area contributed by atoms with Crippen LogP contribution in [0.4, 0.5) is 5.69 Å². The van der Waals surface area contributed by atoms with Gasteiger partial charge in [0.1, 0.15) is 5.75 Å². The molecular weight excluding hydrogens is 386 g/mol. The number of hydrogen-bond acceptors (Lipinski definition) is 5. The fraction of sp³-hybridized carbons (Fsp3) is 0.174. The minimum atomic E-state index is -0.105. The molecule has 148 valence electrons. The van der Waals surface area contributed by atoms with E-state index in [1.165, 1.54) is 11.8 Å². The predicted octanol–water partition coefficient (Wildman–Crippen LogP) is 5.37. The number of carbonyl (C=O) groups excluding carboxylic acids is 1. The molecule has 0 radical (unpaired) electrons. The highest BCUT2D eigenvalue weighted by atomic mass is 32.2. The summed E-state index contributed by atoms with van der Waals surface area (Å²) in [5.74, 6) is 2.98. The summed E-state index contributed by atoms with van der Waals surface area (Å²) in [5.41, 5.74) is 0.639. The highest BCUT2D eigenvalue weighted by Crippen LogP contribution is 2.34. The Kier molecular flexibility index (Phi) is 6.22. The summed E-state index contributed by atoms with van der Waals surface area (Å²) in [7, 11) is 0. The maximum absolute atomic E-state index is 12.5. The zero-order valence-electron chi connectivity index (χ0n) is 15.8. The van der Waals surface area contributed by atoms with E-state index in [1.54, 1.807) is 0 Å². The Morgan fingerprint density at radius 3 is 2.55 bits per heavy atom. The van der Waals surface area contributed by atoms with Gasteiger partial charge in [0.05, 0.1) is 24.7 Å². The van der Waals surface area contributed by atoms with E-state index in [4.69, 9.17) is 14.2 Å². The van der Waals surface area contributed by atoms with Crippen molar-refractivity contribution in [3.05, 3.63) is 72.8 Å². The zero-order chi connectivity index (χ0) is 19.9. The van der Waals surface area contributed by atoms with Crippen molar-refractivity contribution in [1.82, 2.24) is 0 Å². The first-order valence-electron chi connectivity index (χ1n) is 9.42. The van der Waals surface area contributed by atoms with Crippen molar-refractivity contribution in [3.8, 4) is 23.0 Å². The van der Waals surface area contributed by atoms with Gasteiger partial charge in [0.2, 0.25) is 5.91 Å². The standard InChI is InChI=1S/C23H21NO4S/c25-23(16-29-18-11-12-21-22(15-18)27-14-6-13-26-21)24-19-9-4-5-10-20(19)28-17-7-2-1-3-8-17/h1-5,7-12,15H,6,13-14,16H2,(H,24,25). The zero-order valence-corrected chi connectivity index (χ0v) is 16.6. The van der Waals surface area contributed by atoms with E-state index >= 15 is 0 Å². The Balaban J connectivity index is 1.37. The molecule has 5 nitrogen and oxygen atoms in total. The number of rotatable bonds is 6. The fourth-order valence-corrected chi connectivity index (χ4v) is 3.57. The van der Waals surface area contributed by atoms with E-state index in [2.05, 4.69) is 5.32 Å². The molecule has 0 bridgehead atoms. The number of anilines is 1. The molecule has 0 atom stereocenters. The molecule has 0 saturated carbocycles. The third-order valence-electron chi connectivity index (χ3n) is 4.22. The van der Waals surface area contributed by atoms with Crippen LogP contribution in [0.1, 0.15) is 6.42 Å². The van der Waals surface area contributed by atoms with Crippen molar-refractivity contribution in [2.75, 3.05) is 24.3 Å². The lowest BCUT2D eigenvalue weighted by atomic mass is 10.3. The molecule has 1 amide bonds. The molecule has 1 aliphatic rings. The first kappa shape index (κ1) is 19.2. The molecule has 6 heteroatoms. The average Bonchev–Trinajstić information content (AvgIpc) is 2.99. The maximum Gasteiger partial charge on any atom is 0.234 e. The van der Waals surface area contributed by atoms with Gasteiger partial charge >= 0.3 is 0 Å². The van der Waals surface area contributed by atoms with Gasteiger partial charge in [0, 0.05) is 11.3 Å². The van der Waals surface area contributed by atoms with Crippen molar-refractivity contribution in [2.45, 2.75) is 11.3 Å². The lowest BCUT2D eigenvalue weighted by Gasteiger charge is -2.12. The van der Waals surface area contributed by atoms with Gasteiger partial charge < -0.3 is 19.5 Å². The van der Waals surface area contributed by atoms with Gasteiger partial charge in [-0.3, -0.25) is 4.79 Å². The van der Waals surface area contributed by atoms with Crippen molar-refractivity contribution < 1.29 is 19.0 Å². The topological polar surface area (TPSA) is 56.8 Å². The molecule has 29 heavy (non-hydrogen) atoms. The number of carbonyl (C=O) groups is 1. The van der Waals surface area contributed by atoms with Crippen molar-refractivity contribution in [3.63, 3.8) is 0 Å². The van der Waals surface area contributed by atoms with Crippen LogP contribution in [-0.4, -0.2) is 24.9 Å². The van der Waals surface area contributed by atoms with Crippen molar-refractivity contribution in [1.29, 1.82) is 0 Å². The molecule has 3 aromatic carbocycles. The third kappa shape index (κ3) is 5.23. The summed E-state index contributed by atoms with van der Waals surface area (Å²) < 4.78 is 17.2. The van der Waals surface area contributed by atoms with E-state index in [1.807, 2.05) is 72.8 Å². The fourth-order valence-electron chi connectivity index (χ4n) is 2.84. The normalized spacial score (nSPS) is 12.7. The molecular formula is C23H21NO4S. The Bertz CT molecular complexity index is 978. The number of benzene rings is 3. The smallest absolute Gasteiger partial charge is 0.234 e. The van der Waals surface area contributed by atoms with Gasteiger partial charge in [0.15, 0.2) is 17.2 Å². The van der Waals surface area contributed by atoms with Crippen LogP contribution in [0.25, 0.3) is 0 Å². The van der Waals surface area contributed by atoms with Gasteiger partial charge in [-0.05, 0) is 42.5 Å². The lowest BCUT2D eigenvalue weighted by molar-refractivity contribution is -0.113. The van der Waals surface area contributed by atoms with Crippen LogP contribution in [0.15, 0.2) is 77.7 Å². The average molecular weight is 407 g/mol. The molecule has 0 fully saturated rings. The SMILES string of the molecule is O=C(CSc1ccc2c(c1)OCCCO2)Nc1ccccc1Oc1ccccc1. The van der Waals surface area contributed by atoms with Crippen LogP contribution < -0.4 is 19.5 Å². The monoisotopic (exact) mass is 407 g/mol. The minimum Gasteiger partial charge on any atom is -0.490 e. The van der Waals surface area contributed by atoms with E-state index in [-0.39, 0.29) is 11.7 Å². The number of fused-ring (bicyclic) bond motifs is 1. The lowest BCUT2D eigenvalue weighted by Crippen LogP contribution is -2.14. The molecule has 1 N–H and O–H groups in total. The number of amides is 1. The second-order valence-electron chi connectivity index (χ2n) is 6.41. The number of thioether (sulfide) groups is 1. The molecule has 0 spiro atoms. The molecule has 1 aliphatic heterocycles. The summed E-state index contributed by atoms with van der Waals surface area (Å²) in [6, 6.07) is 22.6. The Labute approximate surface area is 174 Å². The summed E-state index contributed by atoms with van der Waals surface area (Å²) in [5, 5.41) is 2.93. The second kappa shape index (κ2) is 9.39. The summed E-state index contributed by atoms with van der Waals surface area (Å²) in [6.45, 7) is 1.30. The van der Waals surface area contributed by atoms with Gasteiger partial charge in [-0.15, -0.1) is 11.8 Å². The second-order valence-corrected chi connectivity index (χ2v) is 7.46. The predicted molar refractivity (Wildman–Crippen MR) is 114 cm³/mol. The third-order valence-corrected chi connectivity index (χ3v) is 5.21. The molecule has 0 saturated heterocycles. The van der Waals surface area contributed by atoms with E-state index in [0.717, 1.165) is 28.6 Å². The van der Waals surface area contributed by atoms with E-state index in [9.17, 15) is 4.79 Å². The van der Waals surface area contributed by atoms with Gasteiger partial charge in [-0.25, -0.2) is 0 Å². The van der Waals surface area contributed by atoms with Crippen molar-refractivity contribution in [2.24, 2.45) is 0 Å². The van der Waals surface area contributed by atoms with E-state index in [0.29, 0.717) is 24.7 Å². The Morgan fingerprint density at radius 2 is 1.69 bits per heavy atom. The Morgan fingerprint density at radius 1 is 0.931 bits per heavy atom. The summed E-state index contributed by atoms with van der Waals surface area (Å²) in [4.78, 5) is 13.4. The number of para-hydroxylation sites is 3. The molecule has 1 heterocycles. The van der Waals surface area contributed by atoms with Crippen LogP contribution in [0.3, 0.4) is 0 Å².